The second-order valence-electron chi connectivity index (χ2n) is 2.40. The van der Waals surface area contributed by atoms with Gasteiger partial charge in [-0.1, -0.05) is 18.2 Å². The van der Waals surface area contributed by atoms with Gasteiger partial charge >= 0.3 is 5.97 Å². The molecule has 0 aliphatic carbocycles. The number of rotatable bonds is 2. The van der Waals surface area contributed by atoms with E-state index in [-0.39, 0.29) is 5.56 Å². The highest BCUT2D eigenvalue weighted by molar-refractivity contribution is 14.1. The van der Waals surface area contributed by atoms with Crippen molar-refractivity contribution in [3.05, 3.63) is 40.9 Å². The number of carboxylic acids is 1. The Labute approximate surface area is 94.4 Å². The lowest BCUT2D eigenvalue weighted by atomic mass is 10.1. The Morgan fingerprint density at radius 1 is 1.46 bits per heavy atom. The highest BCUT2D eigenvalue weighted by Gasteiger charge is 2.10. The molecule has 0 saturated carbocycles. The summed E-state index contributed by atoms with van der Waals surface area (Å²) < 4.78 is 0.664. The maximum atomic E-state index is 10.7. The summed E-state index contributed by atoms with van der Waals surface area (Å²) in [5, 5.41) is 9.33. The van der Waals surface area contributed by atoms with E-state index in [0.717, 1.165) is 0 Å². The van der Waals surface area contributed by atoms with Gasteiger partial charge < -0.3 is 5.11 Å². The third-order valence-corrected chi connectivity index (χ3v) is 2.32. The van der Waals surface area contributed by atoms with E-state index in [0.29, 0.717) is 14.2 Å². The Morgan fingerprint density at radius 3 is 2.54 bits per heavy atom. The zero-order valence-electron chi connectivity index (χ0n) is 6.55. The van der Waals surface area contributed by atoms with Crippen molar-refractivity contribution >= 4 is 43.7 Å². The highest BCUT2D eigenvalue weighted by Crippen LogP contribution is 2.26. The van der Waals surface area contributed by atoms with Crippen molar-refractivity contribution < 1.29 is 9.90 Å². The molecule has 0 amide bonds. The van der Waals surface area contributed by atoms with Gasteiger partial charge in [0.05, 0.1) is 5.56 Å². The van der Waals surface area contributed by atoms with E-state index in [1.54, 1.807) is 12.1 Å². The Hall–Kier alpha value is -0.550. The lowest BCUT2D eigenvalue weighted by Gasteiger charge is -2.03. The van der Waals surface area contributed by atoms with Crippen molar-refractivity contribution in [2.75, 3.05) is 0 Å². The summed E-state index contributed by atoms with van der Waals surface area (Å²) in [5.41, 5.74) is 0.796. The molecule has 0 unspecified atom stereocenters. The second-order valence-corrected chi connectivity index (χ2v) is 4.14. The molecule has 1 aromatic rings. The van der Waals surface area contributed by atoms with Crippen LogP contribution >= 0.6 is 34.2 Å². The number of benzene rings is 1. The van der Waals surface area contributed by atoms with E-state index in [4.69, 9.17) is 16.7 Å². The largest absolute Gasteiger partial charge is 0.478 e. The first-order chi connectivity index (χ1) is 6.02. The molecule has 0 aliphatic rings. The number of halogens is 2. The molecule has 4 heteroatoms. The van der Waals surface area contributed by atoms with Crippen molar-refractivity contribution in [2.45, 2.75) is 0 Å². The van der Waals surface area contributed by atoms with E-state index >= 15 is 0 Å². The van der Waals surface area contributed by atoms with Crippen molar-refractivity contribution in [1.29, 1.82) is 0 Å². The predicted octanol–water partition coefficient (Wildman–Crippen LogP) is 3.44. The van der Waals surface area contributed by atoms with E-state index in [1.807, 2.05) is 22.6 Å². The van der Waals surface area contributed by atoms with Gasteiger partial charge in [-0.05, 0) is 40.8 Å². The molecular weight excluding hydrogens is 302 g/mol. The summed E-state index contributed by atoms with van der Waals surface area (Å²) in [5.74, 6) is -0.968. The Balaban J connectivity index is 3.35. The molecule has 68 valence electrons. The lowest BCUT2D eigenvalue weighted by molar-refractivity contribution is 0.0696. The van der Waals surface area contributed by atoms with Crippen molar-refractivity contribution in [3.8, 4) is 0 Å². The second kappa shape index (κ2) is 4.11. The van der Waals surface area contributed by atoms with Crippen LogP contribution in [0.2, 0.25) is 5.02 Å². The van der Waals surface area contributed by atoms with Crippen LogP contribution in [0.4, 0.5) is 0 Å². The van der Waals surface area contributed by atoms with Crippen LogP contribution in [0.1, 0.15) is 15.9 Å². The van der Waals surface area contributed by atoms with Crippen LogP contribution < -0.4 is 0 Å². The van der Waals surface area contributed by atoms with Crippen molar-refractivity contribution in [1.82, 2.24) is 0 Å². The summed E-state index contributed by atoms with van der Waals surface area (Å²) in [7, 11) is 0. The molecule has 0 saturated heterocycles. The summed E-state index contributed by atoms with van der Waals surface area (Å²) in [6.07, 6.45) is 0. The fourth-order valence-corrected chi connectivity index (χ4v) is 1.55. The van der Waals surface area contributed by atoms with E-state index in [1.165, 1.54) is 6.07 Å². The third-order valence-electron chi connectivity index (χ3n) is 1.50. The van der Waals surface area contributed by atoms with Gasteiger partial charge in [0.1, 0.15) is 0 Å². The van der Waals surface area contributed by atoms with Crippen LogP contribution in [-0.2, 0) is 0 Å². The number of aromatic carboxylic acids is 1. The smallest absolute Gasteiger partial charge is 0.336 e. The molecule has 1 rings (SSSR count). The van der Waals surface area contributed by atoms with Crippen LogP contribution in [0.25, 0.3) is 3.58 Å². The predicted molar refractivity (Wildman–Crippen MR) is 61.5 cm³/mol. The molecule has 0 aromatic heterocycles. The van der Waals surface area contributed by atoms with Crippen molar-refractivity contribution in [3.63, 3.8) is 0 Å². The standard InChI is InChI=1S/C9H6ClIO2/c1-5(11)8-4-6(10)2-3-7(8)9(12)13/h2-4H,1H2,(H,12,13). The minimum absolute atomic E-state index is 0.226. The molecular formula is C9H6ClIO2. The van der Waals surface area contributed by atoms with E-state index < -0.39 is 5.97 Å². The summed E-state index contributed by atoms with van der Waals surface area (Å²) in [6.45, 7) is 3.67. The number of carbonyl (C=O) groups is 1. The maximum Gasteiger partial charge on any atom is 0.336 e. The molecule has 0 bridgehead atoms. The Kier molecular flexibility index (Phi) is 3.33. The molecule has 13 heavy (non-hydrogen) atoms. The van der Waals surface area contributed by atoms with Crippen LogP contribution in [0.3, 0.4) is 0 Å². The monoisotopic (exact) mass is 308 g/mol. The first kappa shape index (κ1) is 10.5. The number of hydrogen-bond donors (Lipinski definition) is 1. The quantitative estimate of drug-likeness (QED) is 0.850. The van der Waals surface area contributed by atoms with Gasteiger partial charge in [0.15, 0.2) is 0 Å². The number of hydrogen-bond acceptors (Lipinski definition) is 1. The van der Waals surface area contributed by atoms with Crippen molar-refractivity contribution in [2.24, 2.45) is 0 Å². The molecule has 1 aromatic carbocycles. The summed E-state index contributed by atoms with van der Waals surface area (Å²) in [4.78, 5) is 10.7. The minimum atomic E-state index is -0.968. The molecule has 0 fully saturated rings. The molecule has 0 spiro atoms. The van der Waals surface area contributed by atoms with Gasteiger partial charge in [-0.15, -0.1) is 0 Å². The maximum absolute atomic E-state index is 10.7. The molecule has 2 nitrogen and oxygen atoms in total. The summed E-state index contributed by atoms with van der Waals surface area (Å²) >= 11 is 7.70. The lowest BCUT2D eigenvalue weighted by Crippen LogP contribution is -1.99. The molecule has 0 radical (unpaired) electrons. The normalized spacial score (nSPS) is 9.69. The van der Waals surface area contributed by atoms with Crippen LogP contribution in [0, 0.1) is 0 Å². The molecule has 0 aliphatic heterocycles. The van der Waals surface area contributed by atoms with Gasteiger partial charge in [-0.2, -0.15) is 0 Å². The first-order valence-electron chi connectivity index (χ1n) is 3.40. The topological polar surface area (TPSA) is 37.3 Å². The third kappa shape index (κ3) is 2.45. The Bertz CT molecular complexity index is 374. The van der Waals surface area contributed by atoms with Gasteiger partial charge in [0.2, 0.25) is 0 Å². The fraction of sp³-hybridized carbons (Fsp3) is 0. The number of carboxylic acid groups (broad SMARTS) is 1. The molecule has 1 N–H and O–H groups in total. The zero-order chi connectivity index (χ0) is 10.0. The highest BCUT2D eigenvalue weighted by atomic mass is 127. The fourth-order valence-electron chi connectivity index (χ4n) is 0.927. The summed E-state index contributed by atoms with van der Waals surface area (Å²) in [6, 6.07) is 4.62. The average molecular weight is 309 g/mol. The van der Waals surface area contributed by atoms with E-state index in [2.05, 4.69) is 6.58 Å². The van der Waals surface area contributed by atoms with Crippen LogP contribution in [0.15, 0.2) is 24.8 Å². The minimum Gasteiger partial charge on any atom is -0.478 e. The van der Waals surface area contributed by atoms with Gasteiger partial charge in [0.25, 0.3) is 0 Å². The zero-order valence-corrected chi connectivity index (χ0v) is 9.46. The van der Waals surface area contributed by atoms with Gasteiger partial charge in [-0.25, -0.2) is 4.79 Å². The van der Waals surface area contributed by atoms with Crippen LogP contribution in [-0.4, -0.2) is 11.1 Å². The Morgan fingerprint density at radius 2 is 2.08 bits per heavy atom. The molecule has 0 heterocycles. The van der Waals surface area contributed by atoms with Gasteiger partial charge in [-0.3, -0.25) is 0 Å². The van der Waals surface area contributed by atoms with Crippen LogP contribution in [0.5, 0.6) is 0 Å². The van der Waals surface area contributed by atoms with Gasteiger partial charge in [0, 0.05) is 14.2 Å². The first-order valence-corrected chi connectivity index (χ1v) is 4.85. The van der Waals surface area contributed by atoms with E-state index in [9.17, 15) is 4.79 Å². The average Bonchev–Trinajstić information content (AvgIpc) is 2.03. The molecule has 0 atom stereocenters. The SMILES string of the molecule is C=C(I)c1cc(Cl)ccc1C(=O)O.